The molecule has 2 aliphatic heterocycles. The summed E-state index contributed by atoms with van der Waals surface area (Å²) in [5.74, 6) is -1.87. The topological polar surface area (TPSA) is 69.2 Å². The van der Waals surface area contributed by atoms with E-state index in [2.05, 4.69) is 16.0 Å². The number of hydrogen-bond acceptors (Lipinski definition) is 5. The van der Waals surface area contributed by atoms with E-state index in [0.29, 0.717) is 29.9 Å². The molecule has 29 heavy (non-hydrogen) atoms. The predicted molar refractivity (Wildman–Crippen MR) is 105 cm³/mol. The molecule has 2 atom stereocenters. The van der Waals surface area contributed by atoms with E-state index in [1.165, 1.54) is 0 Å². The molecule has 2 aliphatic rings. The minimum absolute atomic E-state index is 0.0720. The maximum absolute atomic E-state index is 13.8. The Balaban J connectivity index is 1.61. The van der Waals surface area contributed by atoms with E-state index in [1.54, 1.807) is 24.4 Å². The molecule has 0 bridgehead atoms. The van der Waals surface area contributed by atoms with Crippen molar-refractivity contribution in [2.45, 2.75) is 25.1 Å². The van der Waals surface area contributed by atoms with E-state index in [1.807, 2.05) is 11.0 Å². The zero-order chi connectivity index (χ0) is 20.6. The van der Waals surface area contributed by atoms with Crippen LogP contribution >= 0.6 is 0 Å². The molecule has 2 saturated heterocycles. The van der Waals surface area contributed by atoms with E-state index in [4.69, 9.17) is 5.73 Å². The van der Waals surface area contributed by atoms with E-state index < -0.39 is 18.0 Å². The lowest BCUT2D eigenvalue weighted by Gasteiger charge is -2.33. The molecule has 0 unspecified atom stereocenters. The first-order valence-corrected chi connectivity index (χ1v) is 9.94. The van der Waals surface area contributed by atoms with Crippen molar-refractivity contribution >= 4 is 16.6 Å². The van der Waals surface area contributed by atoms with Gasteiger partial charge in [-0.25, -0.2) is 0 Å². The molecule has 1 aromatic carbocycles. The van der Waals surface area contributed by atoms with Gasteiger partial charge in [0.2, 0.25) is 0 Å². The van der Waals surface area contributed by atoms with Gasteiger partial charge in [-0.3, -0.25) is 4.98 Å². The highest BCUT2D eigenvalue weighted by atomic mass is 19.4. The van der Waals surface area contributed by atoms with Crippen molar-refractivity contribution in [2.75, 3.05) is 37.6 Å². The molecule has 8 heteroatoms. The van der Waals surface area contributed by atoms with Crippen molar-refractivity contribution in [1.29, 1.82) is 5.26 Å². The first-order chi connectivity index (χ1) is 13.9. The van der Waals surface area contributed by atoms with Gasteiger partial charge in [0, 0.05) is 48.9 Å². The smallest absolute Gasteiger partial charge is 0.370 e. The van der Waals surface area contributed by atoms with Crippen LogP contribution in [0.15, 0.2) is 30.5 Å². The number of alkyl halides is 3. The van der Waals surface area contributed by atoms with Gasteiger partial charge in [0.25, 0.3) is 0 Å². The molecule has 3 heterocycles. The number of nitriles is 1. The fourth-order valence-electron chi connectivity index (χ4n) is 4.61. The molecule has 4 rings (SSSR count). The number of nitrogens with two attached hydrogens (primary N) is 1. The second-order valence-corrected chi connectivity index (χ2v) is 8.09. The van der Waals surface area contributed by atoms with E-state index in [-0.39, 0.29) is 12.6 Å². The molecule has 1 aromatic heterocycles. The molecule has 2 fully saturated rings. The number of benzene rings is 1. The van der Waals surface area contributed by atoms with Crippen LogP contribution in [0.3, 0.4) is 0 Å². The van der Waals surface area contributed by atoms with Crippen molar-refractivity contribution in [3.8, 4) is 6.07 Å². The normalized spacial score (nSPS) is 24.2. The number of halogens is 3. The zero-order valence-corrected chi connectivity index (χ0v) is 16.1. The fraction of sp³-hybridized carbons (Fsp3) is 0.524. The third-order valence-electron chi connectivity index (χ3n) is 6.19. The molecule has 0 saturated carbocycles. The van der Waals surface area contributed by atoms with Crippen LogP contribution in [-0.2, 0) is 0 Å². The molecular weight excluding hydrogens is 379 g/mol. The van der Waals surface area contributed by atoms with Gasteiger partial charge < -0.3 is 15.5 Å². The number of pyridine rings is 1. The average Bonchev–Trinajstić information content (AvgIpc) is 3.13. The molecule has 0 aliphatic carbocycles. The van der Waals surface area contributed by atoms with Gasteiger partial charge >= 0.3 is 6.18 Å². The van der Waals surface area contributed by atoms with Crippen molar-refractivity contribution in [2.24, 2.45) is 17.6 Å². The Morgan fingerprint density at radius 1 is 1.17 bits per heavy atom. The number of hydrogen-bond donors (Lipinski definition) is 1. The van der Waals surface area contributed by atoms with E-state index >= 15 is 0 Å². The predicted octanol–water partition coefficient (Wildman–Crippen LogP) is 3.14. The summed E-state index contributed by atoms with van der Waals surface area (Å²) in [7, 11) is 0. The summed E-state index contributed by atoms with van der Waals surface area (Å²) in [6.07, 6.45) is -0.982. The number of fused-ring (bicyclic) bond motifs is 1. The Bertz CT molecular complexity index is 915. The first-order valence-electron chi connectivity index (χ1n) is 9.94. The van der Waals surface area contributed by atoms with Crippen molar-refractivity contribution in [3.63, 3.8) is 0 Å². The van der Waals surface area contributed by atoms with Crippen LogP contribution in [0.5, 0.6) is 0 Å². The molecule has 5 nitrogen and oxygen atoms in total. The maximum atomic E-state index is 13.8. The molecule has 0 radical (unpaired) electrons. The van der Waals surface area contributed by atoms with Crippen LogP contribution in [0.2, 0.25) is 0 Å². The third-order valence-corrected chi connectivity index (χ3v) is 6.19. The summed E-state index contributed by atoms with van der Waals surface area (Å²) in [6, 6.07) is 9.23. The first kappa shape index (κ1) is 19.9. The monoisotopic (exact) mass is 403 g/mol. The second kappa shape index (κ2) is 7.81. The quantitative estimate of drug-likeness (QED) is 0.853. The Hall–Kier alpha value is -2.37. The summed E-state index contributed by atoms with van der Waals surface area (Å²) in [4.78, 5) is 8.21. The summed E-state index contributed by atoms with van der Waals surface area (Å²) in [5, 5.41) is 10.0. The molecule has 0 spiro atoms. The number of anilines is 1. The minimum Gasteiger partial charge on any atom is -0.370 e. The largest absolute Gasteiger partial charge is 0.393 e. The van der Waals surface area contributed by atoms with Gasteiger partial charge in [-0.2, -0.15) is 18.4 Å². The minimum atomic E-state index is -4.24. The fourth-order valence-corrected chi connectivity index (χ4v) is 4.61. The lowest BCUT2D eigenvalue weighted by molar-refractivity contribution is -0.180. The Morgan fingerprint density at radius 2 is 1.93 bits per heavy atom. The maximum Gasteiger partial charge on any atom is 0.393 e. The van der Waals surface area contributed by atoms with Gasteiger partial charge in [0.1, 0.15) is 6.07 Å². The molecule has 2 N–H and O–H groups in total. The highest BCUT2D eigenvalue weighted by molar-refractivity contribution is 5.95. The third kappa shape index (κ3) is 4.02. The SMILES string of the molecule is N#Cc1ccc(N2C[C@H](CN3CCC(N)CC3)[C@@H](C(F)(F)F)C2)c2cccnc12. The Morgan fingerprint density at radius 3 is 2.62 bits per heavy atom. The van der Waals surface area contributed by atoms with Crippen molar-refractivity contribution in [1.82, 2.24) is 9.88 Å². The number of rotatable bonds is 3. The molecule has 2 aromatic rings. The van der Waals surface area contributed by atoms with E-state index in [0.717, 1.165) is 31.3 Å². The van der Waals surface area contributed by atoms with Crippen LogP contribution in [0.4, 0.5) is 18.9 Å². The van der Waals surface area contributed by atoms with Crippen LogP contribution in [0.1, 0.15) is 18.4 Å². The number of aromatic nitrogens is 1. The Labute approximate surface area is 167 Å². The summed E-state index contributed by atoms with van der Waals surface area (Å²) < 4.78 is 41.5. The number of nitrogens with zero attached hydrogens (tertiary/aromatic N) is 4. The average molecular weight is 403 g/mol. The number of piperidine rings is 1. The van der Waals surface area contributed by atoms with Gasteiger partial charge in [-0.15, -0.1) is 0 Å². The second-order valence-electron chi connectivity index (χ2n) is 8.09. The van der Waals surface area contributed by atoms with Gasteiger partial charge in [0.05, 0.1) is 17.0 Å². The van der Waals surface area contributed by atoms with Gasteiger partial charge in [-0.05, 0) is 50.2 Å². The summed E-state index contributed by atoms with van der Waals surface area (Å²) >= 11 is 0. The van der Waals surface area contributed by atoms with E-state index in [9.17, 15) is 18.4 Å². The zero-order valence-electron chi connectivity index (χ0n) is 16.1. The standard InChI is InChI=1S/C21H24F3N5/c22-21(23,24)18-13-29(12-15(18)11-28-8-5-16(26)6-9-28)19-4-3-14(10-25)20-17(19)2-1-7-27-20/h1-4,7,15-16,18H,5-6,8-9,11-13,26H2/t15-,18-/m0/s1. The van der Waals surface area contributed by atoms with Crippen LogP contribution < -0.4 is 10.6 Å². The van der Waals surface area contributed by atoms with Crippen LogP contribution in [-0.4, -0.2) is 54.8 Å². The van der Waals surface area contributed by atoms with Crippen molar-refractivity contribution < 1.29 is 13.2 Å². The number of likely N-dealkylation sites (tertiary alicyclic amines) is 1. The molecule has 0 amide bonds. The highest BCUT2D eigenvalue weighted by Crippen LogP contribution is 2.41. The highest BCUT2D eigenvalue weighted by Gasteiger charge is 2.50. The Kier molecular flexibility index (Phi) is 5.36. The summed E-state index contributed by atoms with van der Waals surface area (Å²) in [5.41, 5.74) is 7.60. The molecular formula is C21H24F3N5. The lowest BCUT2D eigenvalue weighted by Crippen LogP contribution is -2.44. The van der Waals surface area contributed by atoms with Crippen LogP contribution in [0.25, 0.3) is 10.9 Å². The lowest BCUT2D eigenvalue weighted by atomic mass is 9.94. The molecule has 154 valence electrons. The van der Waals surface area contributed by atoms with Crippen molar-refractivity contribution in [3.05, 3.63) is 36.0 Å². The van der Waals surface area contributed by atoms with Gasteiger partial charge in [0.15, 0.2) is 0 Å². The van der Waals surface area contributed by atoms with Gasteiger partial charge in [-0.1, -0.05) is 0 Å². The summed E-state index contributed by atoms with van der Waals surface area (Å²) in [6.45, 7) is 2.21. The van der Waals surface area contributed by atoms with Crippen LogP contribution in [0, 0.1) is 23.2 Å².